The second-order valence-corrected chi connectivity index (χ2v) is 5.42. The first-order valence-electron chi connectivity index (χ1n) is 6.95. The van der Waals surface area contributed by atoms with Gasteiger partial charge >= 0.3 is 0 Å². The first kappa shape index (κ1) is 12.4. The molecule has 1 saturated heterocycles. The molecule has 7 nitrogen and oxygen atoms in total. The first-order chi connectivity index (χ1) is 9.26. The van der Waals surface area contributed by atoms with Crippen LogP contribution in [-0.2, 0) is 0 Å². The quantitative estimate of drug-likeness (QED) is 0.594. The first-order valence-corrected chi connectivity index (χ1v) is 6.95. The van der Waals surface area contributed by atoms with Crippen molar-refractivity contribution in [2.75, 3.05) is 41.9 Å². The van der Waals surface area contributed by atoms with E-state index in [1.54, 1.807) is 0 Å². The fourth-order valence-electron chi connectivity index (χ4n) is 2.42. The molecule has 0 amide bonds. The van der Waals surface area contributed by atoms with Crippen molar-refractivity contribution in [3.05, 3.63) is 0 Å². The number of nitrogen functional groups attached to an aromatic ring is 1. The summed E-state index contributed by atoms with van der Waals surface area (Å²) in [7, 11) is 2.03. The van der Waals surface area contributed by atoms with Gasteiger partial charge in [0, 0.05) is 26.7 Å². The van der Waals surface area contributed by atoms with Crippen LogP contribution in [0.15, 0.2) is 0 Å². The second-order valence-electron chi connectivity index (χ2n) is 5.42. The van der Waals surface area contributed by atoms with Gasteiger partial charge in [0.1, 0.15) is 0 Å². The minimum atomic E-state index is 0.439. The van der Waals surface area contributed by atoms with E-state index in [9.17, 15) is 0 Å². The van der Waals surface area contributed by atoms with Gasteiger partial charge in [0.05, 0.1) is 0 Å². The lowest BCUT2D eigenvalue weighted by Gasteiger charge is -2.20. The third kappa shape index (κ3) is 2.86. The highest BCUT2D eigenvalue weighted by atomic mass is 15.4. The number of hydrogen-bond donors (Lipinski definition) is 2. The third-order valence-corrected chi connectivity index (χ3v) is 3.70. The highest BCUT2D eigenvalue weighted by Gasteiger charge is 2.25. The molecule has 2 heterocycles. The van der Waals surface area contributed by atoms with Crippen LogP contribution in [0.2, 0.25) is 0 Å². The van der Waals surface area contributed by atoms with Crippen molar-refractivity contribution in [3.8, 4) is 0 Å². The minimum absolute atomic E-state index is 0.439. The number of nitrogens with two attached hydrogens (primary N) is 1. The number of anilines is 3. The molecule has 104 valence electrons. The van der Waals surface area contributed by atoms with E-state index >= 15 is 0 Å². The Labute approximate surface area is 113 Å². The lowest BCUT2D eigenvalue weighted by atomic mass is 10.4. The van der Waals surface area contributed by atoms with Gasteiger partial charge in [-0.05, 0) is 31.6 Å². The number of nitrogens with zero attached hydrogens (tertiary/aromatic N) is 5. The van der Waals surface area contributed by atoms with Crippen LogP contribution in [0, 0.1) is 5.92 Å². The summed E-state index contributed by atoms with van der Waals surface area (Å²) in [5, 5.41) is 0. The van der Waals surface area contributed by atoms with Gasteiger partial charge in [0.15, 0.2) is 0 Å². The molecular formula is C12H21N7. The van der Waals surface area contributed by atoms with Crippen LogP contribution in [0.5, 0.6) is 0 Å². The largest absolute Gasteiger partial charge is 0.343 e. The maximum Gasteiger partial charge on any atom is 0.243 e. The van der Waals surface area contributed by atoms with Crippen molar-refractivity contribution in [2.24, 2.45) is 11.8 Å². The van der Waals surface area contributed by atoms with Crippen LogP contribution in [0.25, 0.3) is 0 Å². The maximum atomic E-state index is 5.46. The zero-order valence-electron chi connectivity index (χ0n) is 11.3. The molecule has 0 radical (unpaired) electrons. The van der Waals surface area contributed by atoms with E-state index in [1.807, 2.05) is 7.05 Å². The topological polar surface area (TPSA) is 83.2 Å². The van der Waals surface area contributed by atoms with Gasteiger partial charge in [0.2, 0.25) is 17.8 Å². The van der Waals surface area contributed by atoms with Crippen LogP contribution in [-0.4, -0.2) is 41.6 Å². The Bertz CT molecular complexity index is 440. The van der Waals surface area contributed by atoms with E-state index in [0.29, 0.717) is 11.9 Å². The Morgan fingerprint density at radius 1 is 1.26 bits per heavy atom. The van der Waals surface area contributed by atoms with E-state index in [0.717, 1.165) is 31.5 Å². The van der Waals surface area contributed by atoms with Gasteiger partial charge in [-0.1, -0.05) is 0 Å². The van der Waals surface area contributed by atoms with Gasteiger partial charge in [-0.3, -0.25) is 5.43 Å². The monoisotopic (exact) mass is 263 g/mol. The molecule has 1 aromatic heterocycles. The van der Waals surface area contributed by atoms with Crippen LogP contribution in [0.3, 0.4) is 0 Å². The molecule has 3 rings (SSSR count). The molecule has 7 heteroatoms. The van der Waals surface area contributed by atoms with E-state index in [1.165, 1.54) is 25.7 Å². The van der Waals surface area contributed by atoms with E-state index in [4.69, 9.17) is 5.84 Å². The summed E-state index contributed by atoms with van der Waals surface area (Å²) in [6.07, 6.45) is 5.03. The normalized spacial score (nSPS) is 18.7. The van der Waals surface area contributed by atoms with Crippen molar-refractivity contribution in [1.29, 1.82) is 0 Å². The minimum Gasteiger partial charge on any atom is -0.343 e. The molecule has 1 saturated carbocycles. The van der Waals surface area contributed by atoms with E-state index in [-0.39, 0.29) is 0 Å². The number of nitrogens with one attached hydrogen (secondary N) is 1. The molecule has 2 aliphatic rings. The molecule has 0 atom stereocenters. The van der Waals surface area contributed by atoms with E-state index in [2.05, 4.69) is 30.2 Å². The zero-order chi connectivity index (χ0) is 13.2. The molecule has 0 unspecified atom stereocenters. The fraction of sp³-hybridized carbons (Fsp3) is 0.750. The van der Waals surface area contributed by atoms with Crippen molar-refractivity contribution >= 4 is 17.8 Å². The molecule has 1 aromatic rings. The summed E-state index contributed by atoms with van der Waals surface area (Å²) in [4.78, 5) is 17.6. The molecule has 0 bridgehead atoms. The Morgan fingerprint density at radius 3 is 2.63 bits per heavy atom. The molecule has 1 aliphatic carbocycles. The van der Waals surface area contributed by atoms with Crippen LogP contribution < -0.4 is 21.1 Å². The standard InChI is InChI=1S/C12H21N7/c1-18(8-9-4-5-9)11-14-10(17-13)15-12(16-11)19-6-2-3-7-19/h9H,2-8,13H2,1H3,(H,14,15,16,17). The van der Waals surface area contributed by atoms with Crippen molar-refractivity contribution in [3.63, 3.8) is 0 Å². The molecule has 19 heavy (non-hydrogen) atoms. The summed E-state index contributed by atoms with van der Waals surface area (Å²) in [6, 6.07) is 0. The van der Waals surface area contributed by atoms with Gasteiger partial charge in [0.25, 0.3) is 0 Å². The van der Waals surface area contributed by atoms with Gasteiger partial charge in [-0.25, -0.2) is 5.84 Å². The van der Waals surface area contributed by atoms with Crippen LogP contribution in [0.4, 0.5) is 17.8 Å². The third-order valence-electron chi connectivity index (χ3n) is 3.70. The lowest BCUT2D eigenvalue weighted by molar-refractivity contribution is 0.755. The Hall–Kier alpha value is -1.63. The maximum absolute atomic E-state index is 5.46. The Morgan fingerprint density at radius 2 is 2.00 bits per heavy atom. The number of hydrogen-bond acceptors (Lipinski definition) is 7. The average molecular weight is 263 g/mol. The Kier molecular flexibility index (Phi) is 3.37. The van der Waals surface area contributed by atoms with Gasteiger partial charge in [-0.15, -0.1) is 0 Å². The summed E-state index contributed by atoms with van der Waals surface area (Å²) < 4.78 is 0. The summed E-state index contributed by atoms with van der Waals surface area (Å²) in [6.45, 7) is 3.03. The number of hydrazine groups is 1. The molecule has 2 fully saturated rings. The predicted molar refractivity (Wildman–Crippen MR) is 75.1 cm³/mol. The van der Waals surface area contributed by atoms with Crippen LogP contribution in [0.1, 0.15) is 25.7 Å². The molecule has 0 spiro atoms. The molecule has 3 N–H and O–H groups in total. The molecule has 0 aromatic carbocycles. The predicted octanol–water partition coefficient (Wildman–Crippen LogP) is 0.604. The summed E-state index contributed by atoms with van der Waals surface area (Å²) in [5.74, 6) is 8.14. The number of aromatic nitrogens is 3. The average Bonchev–Trinajstić information content (AvgIpc) is 3.08. The highest BCUT2D eigenvalue weighted by Crippen LogP contribution is 2.30. The van der Waals surface area contributed by atoms with Crippen LogP contribution >= 0.6 is 0 Å². The zero-order valence-corrected chi connectivity index (χ0v) is 11.3. The molecular weight excluding hydrogens is 242 g/mol. The fourth-order valence-corrected chi connectivity index (χ4v) is 2.42. The van der Waals surface area contributed by atoms with Crippen molar-refractivity contribution in [1.82, 2.24) is 15.0 Å². The van der Waals surface area contributed by atoms with Crippen molar-refractivity contribution < 1.29 is 0 Å². The highest BCUT2D eigenvalue weighted by molar-refractivity contribution is 5.45. The second kappa shape index (κ2) is 5.16. The molecule has 1 aliphatic heterocycles. The summed E-state index contributed by atoms with van der Waals surface area (Å²) >= 11 is 0. The Balaban J connectivity index is 1.82. The number of rotatable bonds is 5. The smallest absolute Gasteiger partial charge is 0.243 e. The lowest BCUT2D eigenvalue weighted by Crippen LogP contribution is -2.27. The van der Waals surface area contributed by atoms with Gasteiger partial charge < -0.3 is 9.80 Å². The summed E-state index contributed by atoms with van der Waals surface area (Å²) in [5.41, 5.74) is 2.54. The van der Waals surface area contributed by atoms with Gasteiger partial charge in [-0.2, -0.15) is 15.0 Å². The van der Waals surface area contributed by atoms with E-state index < -0.39 is 0 Å². The van der Waals surface area contributed by atoms with Crippen molar-refractivity contribution in [2.45, 2.75) is 25.7 Å². The SMILES string of the molecule is CN(CC1CC1)c1nc(NN)nc(N2CCCC2)n1.